The summed E-state index contributed by atoms with van der Waals surface area (Å²) < 4.78 is 1.59. The van der Waals surface area contributed by atoms with Gasteiger partial charge in [-0.2, -0.15) is 5.10 Å². The van der Waals surface area contributed by atoms with Crippen LogP contribution in [0.1, 0.15) is 30.8 Å². The van der Waals surface area contributed by atoms with Crippen LogP contribution in [0.15, 0.2) is 18.9 Å². The van der Waals surface area contributed by atoms with Crippen molar-refractivity contribution in [2.24, 2.45) is 0 Å². The number of hydrogen-bond donors (Lipinski definition) is 2. The van der Waals surface area contributed by atoms with Gasteiger partial charge in [0.1, 0.15) is 5.69 Å². The first kappa shape index (κ1) is 12.3. The van der Waals surface area contributed by atoms with Gasteiger partial charge in [-0.1, -0.05) is 6.08 Å². The Hall–Kier alpha value is -1.78. The molecule has 0 saturated carbocycles. The molecule has 0 aliphatic rings. The summed E-state index contributed by atoms with van der Waals surface area (Å²) in [5.41, 5.74) is 6.54. The van der Waals surface area contributed by atoms with Gasteiger partial charge in [0.05, 0.1) is 11.9 Å². The van der Waals surface area contributed by atoms with Gasteiger partial charge in [0, 0.05) is 12.6 Å². The first-order valence-electron chi connectivity index (χ1n) is 5.33. The van der Waals surface area contributed by atoms with Crippen molar-refractivity contribution in [3.8, 4) is 0 Å². The Morgan fingerprint density at radius 2 is 2.50 bits per heavy atom. The number of hydrogen-bond acceptors (Lipinski definition) is 3. The van der Waals surface area contributed by atoms with Gasteiger partial charge in [0.15, 0.2) is 0 Å². The van der Waals surface area contributed by atoms with Gasteiger partial charge in [-0.25, -0.2) is 0 Å². The molecule has 0 bridgehead atoms. The first-order chi connectivity index (χ1) is 7.60. The Balaban J connectivity index is 2.79. The molecule has 0 saturated heterocycles. The number of carbonyl (C=O) groups excluding carboxylic acids is 1. The lowest BCUT2D eigenvalue weighted by molar-refractivity contribution is 0.0930. The third kappa shape index (κ3) is 2.62. The van der Waals surface area contributed by atoms with Crippen LogP contribution >= 0.6 is 0 Å². The number of nitrogen functional groups attached to an aromatic ring is 1. The molecule has 88 valence electrons. The zero-order chi connectivity index (χ0) is 12.1. The monoisotopic (exact) mass is 222 g/mol. The highest BCUT2D eigenvalue weighted by molar-refractivity contribution is 5.97. The largest absolute Gasteiger partial charge is 0.396 e. The summed E-state index contributed by atoms with van der Waals surface area (Å²) in [7, 11) is 0. The number of nitrogens with two attached hydrogens (primary N) is 1. The third-order valence-electron chi connectivity index (χ3n) is 2.28. The van der Waals surface area contributed by atoms with E-state index in [1.807, 2.05) is 13.8 Å². The van der Waals surface area contributed by atoms with Gasteiger partial charge in [-0.3, -0.25) is 9.48 Å². The van der Waals surface area contributed by atoms with E-state index in [1.165, 1.54) is 6.20 Å². The molecule has 5 nitrogen and oxygen atoms in total. The topological polar surface area (TPSA) is 72.9 Å². The number of carbonyl (C=O) groups is 1. The maximum atomic E-state index is 11.9. The van der Waals surface area contributed by atoms with Crippen LogP contribution in [0.2, 0.25) is 0 Å². The van der Waals surface area contributed by atoms with Crippen LogP contribution in [0.4, 0.5) is 5.69 Å². The van der Waals surface area contributed by atoms with Gasteiger partial charge in [-0.05, 0) is 20.3 Å². The highest BCUT2D eigenvalue weighted by Gasteiger charge is 2.17. The molecule has 1 rings (SSSR count). The fraction of sp³-hybridized carbons (Fsp3) is 0.455. The standard InChI is InChI=1S/C11H18N4O/c1-4-6-8(3)14-11(16)10-9(12)7-13-15(10)5-2/h4,7-8H,1,5-6,12H2,2-3H3,(H,14,16). The summed E-state index contributed by atoms with van der Waals surface area (Å²) in [5, 5.41) is 6.87. The van der Waals surface area contributed by atoms with Crippen molar-refractivity contribution in [3.63, 3.8) is 0 Å². The summed E-state index contributed by atoms with van der Waals surface area (Å²) in [6, 6.07) is 0.0459. The molecule has 1 aromatic rings. The van der Waals surface area contributed by atoms with Crippen LogP contribution in [-0.4, -0.2) is 21.7 Å². The molecule has 1 unspecified atom stereocenters. The highest BCUT2D eigenvalue weighted by atomic mass is 16.2. The average molecular weight is 222 g/mol. The summed E-state index contributed by atoms with van der Waals surface area (Å²) >= 11 is 0. The van der Waals surface area contributed by atoms with Crippen molar-refractivity contribution >= 4 is 11.6 Å². The van der Waals surface area contributed by atoms with Crippen molar-refractivity contribution < 1.29 is 4.79 Å². The minimum Gasteiger partial charge on any atom is -0.396 e. The van der Waals surface area contributed by atoms with Gasteiger partial charge in [-0.15, -0.1) is 6.58 Å². The molecular formula is C11H18N4O. The van der Waals surface area contributed by atoms with Gasteiger partial charge in [0.2, 0.25) is 0 Å². The number of rotatable bonds is 5. The molecule has 0 aliphatic carbocycles. The van der Waals surface area contributed by atoms with Crippen LogP contribution in [-0.2, 0) is 6.54 Å². The highest BCUT2D eigenvalue weighted by Crippen LogP contribution is 2.10. The summed E-state index contributed by atoms with van der Waals surface area (Å²) in [6.07, 6.45) is 3.99. The smallest absolute Gasteiger partial charge is 0.271 e. The van der Waals surface area contributed by atoms with E-state index in [4.69, 9.17) is 5.73 Å². The van der Waals surface area contributed by atoms with Crippen LogP contribution < -0.4 is 11.1 Å². The molecule has 3 N–H and O–H groups in total. The van der Waals surface area contributed by atoms with E-state index in [1.54, 1.807) is 10.8 Å². The molecule has 16 heavy (non-hydrogen) atoms. The minimum atomic E-state index is -0.189. The van der Waals surface area contributed by atoms with Crippen molar-refractivity contribution in [1.29, 1.82) is 0 Å². The van der Waals surface area contributed by atoms with E-state index in [-0.39, 0.29) is 11.9 Å². The molecule has 0 fully saturated rings. The van der Waals surface area contributed by atoms with Crippen LogP contribution in [0.3, 0.4) is 0 Å². The van der Waals surface area contributed by atoms with E-state index in [2.05, 4.69) is 17.0 Å². The number of aromatic nitrogens is 2. The quantitative estimate of drug-likeness (QED) is 0.735. The Bertz CT molecular complexity index is 383. The van der Waals surface area contributed by atoms with Crippen LogP contribution in [0, 0.1) is 0 Å². The average Bonchev–Trinajstić information content (AvgIpc) is 2.59. The minimum absolute atomic E-state index is 0.0459. The lowest BCUT2D eigenvalue weighted by atomic mass is 10.2. The molecule has 1 aromatic heterocycles. The maximum Gasteiger partial charge on any atom is 0.271 e. The summed E-state index contributed by atoms with van der Waals surface area (Å²) in [6.45, 7) is 8.08. The number of amides is 1. The van der Waals surface area contributed by atoms with Crippen molar-refractivity contribution in [2.45, 2.75) is 32.9 Å². The second-order valence-electron chi connectivity index (χ2n) is 3.66. The van der Waals surface area contributed by atoms with Gasteiger partial charge in [0.25, 0.3) is 5.91 Å². The molecular weight excluding hydrogens is 204 g/mol. The Kier molecular flexibility index (Phi) is 4.10. The van der Waals surface area contributed by atoms with E-state index in [0.29, 0.717) is 17.9 Å². The fourth-order valence-electron chi connectivity index (χ4n) is 1.49. The molecule has 0 aromatic carbocycles. The number of nitrogens with zero attached hydrogens (tertiary/aromatic N) is 2. The predicted octanol–water partition coefficient (Wildman–Crippen LogP) is 1.18. The number of nitrogens with one attached hydrogen (secondary N) is 1. The zero-order valence-corrected chi connectivity index (χ0v) is 9.73. The lowest BCUT2D eigenvalue weighted by Crippen LogP contribution is -2.34. The SMILES string of the molecule is C=CCC(C)NC(=O)c1c(N)cnn1CC. The molecule has 1 amide bonds. The van der Waals surface area contributed by atoms with Crippen LogP contribution in [0.5, 0.6) is 0 Å². The number of anilines is 1. The fourth-order valence-corrected chi connectivity index (χ4v) is 1.49. The maximum absolute atomic E-state index is 11.9. The third-order valence-corrected chi connectivity index (χ3v) is 2.28. The van der Waals surface area contributed by atoms with Crippen LogP contribution in [0.25, 0.3) is 0 Å². The van der Waals surface area contributed by atoms with Gasteiger partial charge >= 0.3 is 0 Å². The molecule has 0 spiro atoms. The van der Waals surface area contributed by atoms with Crippen molar-refractivity contribution in [1.82, 2.24) is 15.1 Å². The molecule has 1 atom stereocenters. The van der Waals surface area contributed by atoms with E-state index < -0.39 is 0 Å². The van der Waals surface area contributed by atoms with Gasteiger partial charge < -0.3 is 11.1 Å². The van der Waals surface area contributed by atoms with E-state index >= 15 is 0 Å². The molecule has 0 radical (unpaired) electrons. The number of aryl methyl sites for hydroxylation is 1. The predicted molar refractivity (Wildman–Crippen MR) is 64.1 cm³/mol. The molecule has 1 heterocycles. The summed E-state index contributed by atoms with van der Waals surface area (Å²) in [4.78, 5) is 11.9. The Morgan fingerprint density at radius 1 is 1.81 bits per heavy atom. The lowest BCUT2D eigenvalue weighted by Gasteiger charge is -2.12. The second kappa shape index (κ2) is 5.34. The van der Waals surface area contributed by atoms with Crippen molar-refractivity contribution in [3.05, 3.63) is 24.5 Å². The second-order valence-corrected chi connectivity index (χ2v) is 3.66. The van der Waals surface area contributed by atoms with E-state index in [9.17, 15) is 4.79 Å². The Labute approximate surface area is 95.3 Å². The molecule has 5 heteroatoms. The first-order valence-corrected chi connectivity index (χ1v) is 5.33. The summed E-state index contributed by atoms with van der Waals surface area (Å²) in [5.74, 6) is -0.189. The Morgan fingerprint density at radius 3 is 3.06 bits per heavy atom. The zero-order valence-electron chi connectivity index (χ0n) is 9.73. The normalized spacial score (nSPS) is 12.1. The molecule has 0 aliphatic heterocycles. The van der Waals surface area contributed by atoms with E-state index in [0.717, 1.165) is 6.42 Å². The van der Waals surface area contributed by atoms with Crippen molar-refractivity contribution in [2.75, 3.05) is 5.73 Å².